The fourth-order valence-electron chi connectivity index (χ4n) is 4.62. The minimum absolute atomic E-state index is 0.0695. The van der Waals surface area contributed by atoms with E-state index in [4.69, 9.17) is 22.1 Å². The number of aliphatic imine (C=N–C) groups is 1. The SMILES string of the molecule is Cc1cccc(NC(=O)Nc2ccc(C3C=C(CN4CCOCC4)N4N=CN=C(N)C34)cc2Cl)c1. The fraction of sp³-hybridized carbons (Fsp3) is 0.320. The Morgan fingerprint density at radius 3 is 2.80 bits per heavy atom. The first-order chi connectivity index (χ1) is 17.0. The zero-order chi connectivity index (χ0) is 24.4. The number of aryl methyl sites for hydroxylation is 1. The molecule has 2 aromatic carbocycles. The maximum absolute atomic E-state index is 12.5. The highest BCUT2D eigenvalue weighted by atomic mass is 35.5. The number of fused-ring (bicyclic) bond motifs is 1. The van der Waals surface area contributed by atoms with Crippen molar-refractivity contribution in [1.29, 1.82) is 0 Å². The molecule has 35 heavy (non-hydrogen) atoms. The summed E-state index contributed by atoms with van der Waals surface area (Å²) in [6, 6.07) is 12.7. The second-order valence-corrected chi connectivity index (χ2v) is 9.24. The Bertz CT molecular complexity index is 1210. The topological polar surface area (TPSA) is 108 Å². The molecule has 2 aromatic rings. The molecule has 2 amide bonds. The maximum Gasteiger partial charge on any atom is 0.323 e. The third kappa shape index (κ3) is 5.17. The molecule has 10 heteroatoms. The highest BCUT2D eigenvalue weighted by molar-refractivity contribution is 6.33. The van der Waals surface area contributed by atoms with Crippen molar-refractivity contribution < 1.29 is 9.53 Å². The van der Waals surface area contributed by atoms with Gasteiger partial charge in [0.15, 0.2) is 0 Å². The normalized spacial score (nSPS) is 21.8. The van der Waals surface area contributed by atoms with Gasteiger partial charge in [-0.3, -0.25) is 9.91 Å². The summed E-state index contributed by atoms with van der Waals surface area (Å²) in [5, 5.41) is 12.6. The maximum atomic E-state index is 12.5. The standard InChI is InChI=1S/C25H28ClN7O2/c1-16-3-2-4-18(11-16)30-25(34)31-22-6-5-17(12-21(22)26)20-13-19(14-32-7-9-35-10-8-32)33-23(20)24(27)28-15-29-33/h2-6,11-13,15,20,23H,7-10,14H2,1H3,(H2,27,28,29)(H2,30,31,34). The molecule has 1 fully saturated rings. The van der Waals surface area contributed by atoms with Crippen LogP contribution in [-0.4, -0.2) is 67.0 Å². The van der Waals surface area contributed by atoms with Crippen LogP contribution in [0.5, 0.6) is 0 Å². The number of hydrogen-bond donors (Lipinski definition) is 3. The Balaban J connectivity index is 1.33. The van der Waals surface area contributed by atoms with Crippen LogP contribution < -0.4 is 16.4 Å². The van der Waals surface area contributed by atoms with Crippen molar-refractivity contribution >= 4 is 41.2 Å². The number of rotatable bonds is 5. The van der Waals surface area contributed by atoms with E-state index < -0.39 is 0 Å². The summed E-state index contributed by atoms with van der Waals surface area (Å²) in [4.78, 5) is 19.1. The fourth-order valence-corrected chi connectivity index (χ4v) is 4.86. The second-order valence-electron chi connectivity index (χ2n) is 8.83. The quantitative estimate of drug-likeness (QED) is 0.590. The number of carbonyl (C=O) groups excluding carboxylic acids is 1. The lowest BCUT2D eigenvalue weighted by Gasteiger charge is -2.32. The van der Waals surface area contributed by atoms with Gasteiger partial charge in [-0.15, -0.1) is 0 Å². The van der Waals surface area contributed by atoms with E-state index in [1.54, 1.807) is 0 Å². The number of halogens is 1. The molecule has 0 aromatic heterocycles. The lowest BCUT2D eigenvalue weighted by Crippen LogP contribution is -2.45. The average molecular weight is 494 g/mol. The molecular formula is C25H28ClN7O2. The van der Waals surface area contributed by atoms with Gasteiger partial charge in [-0.05, 0) is 42.3 Å². The highest BCUT2D eigenvalue weighted by Gasteiger charge is 2.40. The number of anilines is 2. The Morgan fingerprint density at radius 2 is 2.03 bits per heavy atom. The molecule has 0 aliphatic carbocycles. The lowest BCUT2D eigenvalue weighted by molar-refractivity contribution is 0.0393. The molecule has 0 bridgehead atoms. The minimum atomic E-state index is -0.358. The molecule has 3 heterocycles. The van der Waals surface area contributed by atoms with Crippen LogP contribution in [0.25, 0.3) is 0 Å². The monoisotopic (exact) mass is 493 g/mol. The number of hydrogen-bond acceptors (Lipinski definition) is 7. The molecular weight excluding hydrogens is 466 g/mol. The van der Waals surface area contributed by atoms with E-state index in [1.165, 1.54) is 6.34 Å². The summed E-state index contributed by atoms with van der Waals surface area (Å²) in [5.41, 5.74) is 10.7. The van der Waals surface area contributed by atoms with Crippen molar-refractivity contribution in [3.8, 4) is 0 Å². The number of ether oxygens (including phenoxy) is 1. The third-order valence-corrected chi connectivity index (χ3v) is 6.66. The molecule has 9 nitrogen and oxygen atoms in total. The molecule has 4 N–H and O–H groups in total. The molecule has 2 atom stereocenters. The van der Waals surface area contributed by atoms with Crippen LogP contribution in [0, 0.1) is 6.92 Å². The first-order valence-electron chi connectivity index (χ1n) is 11.6. The van der Waals surface area contributed by atoms with E-state index in [1.807, 2.05) is 54.4 Å². The zero-order valence-electron chi connectivity index (χ0n) is 19.4. The van der Waals surface area contributed by atoms with Crippen molar-refractivity contribution in [2.45, 2.75) is 18.9 Å². The number of benzene rings is 2. The van der Waals surface area contributed by atoms with Gasteiger partial charge in [-0.1, -0.05) is 35.9 Å². The smallest absolute Gasteiger partial charge is 0.323 e. The van der Waals surface area contributed by atoms with Gasteiger partial charge in [0, 0.05) is 36.9 Å². The summed E-state index contributed by atoms with van der Waals surface area (Å²) >= 11 is 6.59. The first-order valence-corrected chi connectivity index (χ1v) is 12.0. The number of carbonyl (C=O) groups is 1. The van der Waals surface area contributed by atoms with Gasteiger partial charge in [0.2, 0.25) is 0 Å². The van der Waals surface area contributed by atoms with E-state index >= 15 is 0 Å². The van der Waals surface area contributed by atoms with Crippen LogP contribution in [0.15, 0.2) is 64.3 Å². The predicted molar refractivity (Wildman–Crippen MR) is 139 cm³/mol. The number of urea groups is 1. The van der Waals surface area contributed by atoms with E-state index in [-0.39, 0.29) is 18.0 Å². The van der Waals surface area contributed by atoms with Crippen LogP contribution in [-0.2, 0) is 4.74 Å². The van der Waals surface area contributed by atoms with E-state index in [0.717, 1.165) is 49.7 Å². The van der Waals surface area contributed by atoms with Crippen molar-refractivity contribution in [1.82, 2.24) is 9.91 Å². The van der Waals surface area contributed by atoms with Crippen molar-refractivity contribution in [2.24, 2.45) is 15.8 Å². The number of nitrogens with zero attached hydrogens (tertiary/aromatic N) is 4. The largest absolute Gasteiger partial charge is 0.385 e. The third-order valence-electron chi connectivity index (χ3n) is 6.35. The zero-order valence-corrected chi connectivity index (χ0v) is 20.2. The number of hydrazone groups is 1. The Kier molecular flexibility index (Phi) is 6.72. The summed E-state index contributed by atoms with van der Waals surface area (Å²) in [6.07, 6.45) is 3.68. The van der Waals surface area contributed by atoms with Crippen LogP contribution in [0.3, 0.4) is 0 Å². The molecule has 2 unspecified atom stereocenters. The second kappa shape index (κ2) is 10.1. The highest BCUT2D eigenvalue weighted by Crippen LogP contribution is 2.38. The van der Waals surface area contributed by atoms with Crippen LogP contribution in [0.2, 0.25) is 5.02 Å². The van der Waals surface area contributed by atoms with Crippen LogP contribution in [0.1, 0.15) is 17.0 Å². The molecule has 0 spiro atoms. The molecule has 0 radical (unpaired) electrons. The number of morpholine rings is 1. The Hall–Kier alpha value is -3.40. The first kappa shape index (κ1) is 23.3. The number of nitrogens with one attached hydrogen (secondary N) is 2. The van der Waals surface area contributed by atoms with Crippen molar-refractivity contribution in [3.63, 3.8) is 0 Å². The lowest BCUT2D eigenvalue weighted by atomic mass is 9.92. The molecule has 5 rings (SSSR count). The van der Waals surface area contributed by atoms with Gasteiger partial charge in [0.05, 0.1) is 23.9 Å². The van der Waals surface area contributed by atoms with Gasteiger partial charge in [0.25, 0.3) is 0 Å². The number of amidine groups is 1. The number of amides is 2. The van der Waals surface area contributed by atoms with Crippen molar-refractivity contribution in [3.05, 3.63) is 70.4 Å². The van der Waals surface area contributed by atoms with Gasteiger partial charge in [-0.25, -0.2) is 9.79 Å². The summed E-state index contributed by atoms with van der Waals surface area (Å²) < 4.78 is 5.48. The molecule has 1 saturated heterocycles. The van der Waals surface area contributed by atoms with Gasteiger partial charge in [0.1, 0.15) is 18.2 Å². The summed E-state index contributed by atoms with van der Waals surface area (Å²) in [6.45, 7) is 5.95. The van der Waals surface area contributed by atoms with Gasteiger partial charge < -0.3 is 21.1 Å². The summed E-state index contributed by atoms with van der Waals surface area (Å²) in [5.74, 6) is 0.439. The average Bonchev–Trinajstić information content (AvgIpc) is 3.20. The van der Waals surface area contributed by atoms with Crippen LogP contribution >= 0.6 is 11.6 Å². The molecule has 3 aliphatic rings. The van der Waals surface area contributed by atoms with E-state index in [9.17, 15) is 4.79 Å². The minimum Gasteiger partial charge on any atom is -0.385 e. The molecule has 3 aliphatic heterocycles. The summed E-state index contributed by atoms with van der Waals surface area (Å²) in [7, 11) is 0. The van der Waals surface area contributed by atoms with Crippen LogP contribution in [0.4, 0.5) is 16.2 Å². The van der Waals surface area contributed by atoms with Gasteiger partial charge >= 0.3 is 6.03 Å². The Morgan fingerprint density at radius 1 is 1.20 bits per heavy atom. The molecule has 182 valence electrons. The predicted octanol–water partition coefficient (Wildman–Crippen LogP) is 3.59. The van der Waals surface area contributed by atoms with Gasteiger partial charge in [-0.2, -0.15) is 5.10 Å². The molecule has 0 saturated carbocycles. The number of nitrogens with two attached hydrogens (primary N) is 1. The Labute approximate surface area is 209 Å². The van der Waals surface area contributed by atoms with E-state index in [0.29, 0.717) is 22.2 Å². The van der Waals surface area contributed by atoms with Crippen molar-refractivity contribution in [2.75, 3.05) is 43.5 Å². The van der Waals surface area contributed by atoms with E-state index in [2.05, 4.69) is 31.7 Å².